The van der Waals surface area contributed by atoms with Crippen LogP contribution in [0, 0.1) is 10.1 Å². The van der Waals surface area contributed by atoms with Gasteiger partial charge in [-0.15, -0.1) is 0 Å². The lowest BCUT2D eigenvalue weighted by atomic mass is 10.2. The molecule has 0 bridgehead atoms. The zero-order chi connectivity index (χ0) is 18.6. The maximum Gasteiger partial charge on any atom is 0.341 e. The normalized spacial score (nSPS) is 10.2. The highest BCUT2D eigenvalue weighted by Gasteiger charge is 2.19. The molecule has 1 amide bonds. The van der Waals surface area contributed by atoms with Crippen LogP contribution in [0.1, 0.15) is 10.4 Å². The van der Waals surface area contributed by atoms with Gasteiger partial charge in [0.15, 0.2) is 6.61 Å². The van der Waals surface area contributed by atoms with Crippen molar-refractivity contribution in [2.75, 3.05) is 11.9 Å². The van der Waals surface area contributed by atoms with Crippen molar-refractivity contribution in [1.82, 2.24) is 0 Å². The average Bonchev–Trinajstić information content (AvgIpc) is 2.52. The van der Waals surface area contributed by atoms with Gasteiger partial charge in [0.2, 0.25) is 0 Å². The van der Waals surface area contributed by atoms with E-state index in [1.807, 2.05) is 0 Å². The lowest BCUT2D eigenvalue weighted by molar-refractivity contribution is -0.383. The number of nitrogens with zero attached hydrogens (tertiary/aromatic N) is 1. The highest BCUT2D eigenvalue weighted by molar-refractivity contribution is 6.39. The fourth-order valence-electron chi connectivity index (χ4n) is 1.85. The topological polar surface area (TPSA) is 98.5 Å². The van der Waals surface area contributed by atoms with Gasteiger partial charge >= 0.3 is 5.97 Å². The SMILES string of the molecule is O=C(COC(=O)c1c(Cl)cccc1Cl)Nc1cc(Cl)ccc1[N+](=O)[O-]. The number of nitro groups is 1. The fourth-order valence-corrected chi connectivity index (χ4v) is 2.57. The molecule has 0 aliphatic carbocycles. The minimum Gasteiger partial charge on any atom is -0.452 e. The van der Waals surface area contributed by atoms with Crippen LogP contribution in [0.3, 0.4) is 0 Å². The number of benzene rings is 2. The number of esters is 1. The first-order chi connectivity index (χ1) is 11.8. The number of anilines is 1. The van der Waals surface area contributed by atoms with Crippen molar-refractivity contribution in [3.63, 3.8) is 0 Å². The standard InChI is InChI=1S/C15H9Cl3N2O5/c16-8-4-5-12(20(23)24)11(6-8)19-13(21)7-25-15(22)14-9(17)2-1-3-10(14)18/h1-6H,7H2,(H,19,21). The van der Waals surface area contributed by atoms with E-state index >= 15 is 0 Å². The van der Waals surface area contributed by atoms with E-state index in [0.717, 1.165) is 6.07 Å². The lowest BCUT2D eigenvalue weighted by Crippen LogP contribution is -2.21. The first-order valence-corrected chi connectivity index (χ1v) is 7.78. The number of nitro benzene ring substituents is 1. The van der Waals surface area contributed by atoms with E-state index in [-0.39, 0.29) is 32.0 Å². The molecular weight excluding hydrogens is 395 g/mol. The fraction of sp³-hybridized carbons (Fsp3) is 0.0667. The second-order valence-electron chi connectivity index (χ2n) is 4.64. The van der Waals surface area contributed by atoms with Gasteiger partial charge in [0, 0.05) is 11.1 Å². The van der Waals surface area contributed by atoms with Crippen molar-refractivity contribution < 1.29 is 19.2 Å². The van der Waals surface area contributed by atoms with Crippen molar-refractivity contribution in [2.45, 2.75) is 0 Å². The molecule has 0 saturated heterocycles. The van der Waals surface area contributed by atoms with E-state index in [0.29, 0.717) is 0 Å². The maximum absolute atomic E-state index is 12.0. The molecule has 2 aromatic rings. The van der Waals surface area contributed by atoms with Crippen molar-refractivity contribution in [3.05, 3.63) is 67.1 Å². The Morgan fingerprint density at radius 2 is 1.76 bits per heavy atom. The number of halogens is 3. The molecule has 0 heterocycles. The second-order valence-corrected chi connectivity index (χ2v) is 5.89. The van der Waals surface area contributed by atoms with Gasteiger partial charge in [0.1, 0.15) is 5.69 Å². The summed E-state index contributed by atoms with van der Waals surface area (Å²) >= 11 is 17.5. The number of ether oxygens (including phenoxy) is 1. The molecule has 10 heteroatoms. The molecule has 2 aromatic carbocycles. The summed E-state index contributed by atoms with van der Waals surface area (Å²) in [7, 11) is 0. The number of carbonyl (C=O) groups is 2. The molecule has 0 fully saturated rings. The van der Waals surface area contributed by atoms with Crippen LogP contribution in [-0.2, 0) is 9.53 Å². The Balaban J connectivity index is 2.06. The zero-order valence-corrected chi connectivity index (χ0v) is 14.6. The van der Waals surface area contributed by atoms with Gasteiger partial charge in [-0.05, 0) is 24.3 Å². The third-order valence-electron chi connectivity index (χ3n) is 2.93. The first kappa shape index (κ1) is 19.0. The number of hydrogen-bond donors (Lipinski definition) is 1. The molecule has 130 valence electrons. The molecule has 2 rings (SSSR count). The van der Waals surface area contributed by atoms with Crippen LogP contribution in [0.2, 0.25) is 15.1 Å². The van der Waals surface area contributed by atoms with Crippen molar-refractivity contribution in [3.8, 4) is 0 Å². The monoisotopic (exact) mass is 402 g/mol. The van der Waals surface area contributed by atoms with Gasteiger partial charge in [0.25, 0.3) is 11.6 Å². The van der Waals surface area contributed by atoms with Crippen LogP contribution in [-0.4, -0.2) is 23.4 Å². The molecular formula is C15H9Cl3N2O5. The molecule has 0 aromatic heterocycles. The minimum absolute atomic E-state index is 0.0726. The number of nitrogens with one attached hydrogen (secondary N) is 1. The summed E-state index contributed by atoms with van der Waals surface area (Å²) in [5.41, 5.74) is -0.542. The van der Waals surface area contributed by atoms with E-state index in [9.17, 15) is 19.7 Å². The highest BCUT2D eigenvalue weighted by Crippen LogP contribution is 2.28. The Labute approximate surface area is 156 Å². The van der Waals surface area contributed by atoms with E-state index in [2.05, 4.69) is 5.32 Å². The van der Waals surface area contributed by atoms with Gasteiger partial charge in [0.05, 0.1) is 20.5 Å². The molecule has 0 radical (unpaired) electrons. The van der Waals surface area contributed by atoms with Crippen LogP contribution in [0.5, 0.6) is 0 Å². The summed E-state index contributed by atoms with van der Waals surface area (Å²) in [5.74, 6) is -1.69. The third kappa shape index (κ3) is 4.82. The first-order valence-electron chi connectivity index (χ1n) is 6.64. The van der Waals surface area contributed by atoms with E-state index in [1.54, 1.807) is 6.07 Å². The van der Waals surface area contributed by atoms with Crippen LogP contribution in [0.25, 0.3) is 0 Å². The predicted molar refractivity (Wildman–Crippen MR) is 93.5 cm³/mol. The largest absolute Gasteiger partial charge is 0.452 e. The minimum atomic E-state index is -0.897. The Morgan fingerprint density at radius 3 is 2.36 bits per heavy atom. The van der Waals surface area contributed by atoms with Gasteiger partial charge in [-0.25, -0.2) is 4.79 Å². The van der Waals surface area contributed by atoms with Crippen molar-refractivity contribution in [2.24, 2.45) is 0 Å². The molecule has 7 nitrogen and oxygen atoms in total. The molecule has 0 spiro atoms. The van der Waals surface area contributed by atoms with E-state index in [4.69, 9.17) is 39.5 Å². The summed E-state index contributed by atoms with van der Waals surface area (Å²) in [6.45, 7) is -0.690. The lowest BCUT2D eigenvalue weighted by Gasteiger charge is -2.09. The number of carbonyl (C=O) groups excluding carboxylic acids is 2. The van der Waals surface area contributed by atoms with Crippen LogP contribution < -0.4 is 5.32 Å². The summed E-state index contributed by atoms with van der Waals surface area (Å²) in [4.78, 5) is 34.1. The van der Waals surface area contributed by atoms with Gasteiger partial charge < -0.3 is 10.1 Å². The van der Waals surface area contributed by atoms with Crippen molar-refractivity contribution >= 4 is 58.1 Å². The number of rotatable bonds is 5. The number of amides is 1. The van der Waals surface area contributed by atoms with Gasteiger partial charge in [-0.3, -0.25) is 14.9 Å². The van der Waals surface area contributed by atoms with Gasteiger partial charge in [-0.1, -0.05) is 40.9 Å². The highest BCUT2D eigenvalue weighted by atomic mass is 35.5. The van der Waals surface area contributed by atoms with Crippen LogP contribution in [0.4, 0.5) is 11.4 Å². The quantitative estimate of drug-likeness (QED) is 0.454. The molecule has 0 aliphatic heterocycles. The second kappa shape index (κ2) is 8.15. The Bertz CT molecular complexity index is 837. The third-order valence-corrected chi connectivity index (χ3v) is 3.80. The molecule has 0 aliphatic rings. The average molecular weight is 404 g/mol. The van der Waals surface area contributed by atoms with E-state index < -0.39 is 23.4 Å². The van der Waals surface area contributed by atoms with E-state index in [1.165, 1.54) is 24.3 Å². The summed E-state index contributed by atoms with van der Waals surface area (Å²) in [5, 5.41) is 13.5. The Morgan fingerprint density at radius 1 is 1.12 bits per heavy atom. The number of hydrogen-bond acceptors (Lipinski definition) is 5. The summed E-state index contributed by atoms with van der Waals surface area (Å²) in [6, 6.07) is 8.11. The van der Waals surface area contributed by atoms with Crippen LogP contribution in [0.15, 0.2) is 36.4 Å². The van der Waals surface area contributed by atoms with Crippen molar-refractivity contribution in [1.29, 1.82) is 0 Å². The Kier molecular flexibility index (Phi) is 6.19. The molecule has 0 saturated carbocycles. The van der Waals surface area contributed by atoms with Gasteiger partial charge in [-0.2, -0.15) is 0 Å². The van der Waals surface area contributed by atoms with Crippen LogP contribution >= 0.6 is 34.8 Å². The molecule has 1 N–H and O–H groups in total. The zero-order valence-electron chi connectivity index (χ0n) is 12.3. The summed E-state index contributed by atoms with van der Waals surface area (Å²) < 4.78 is 4.83. The molecule has 0 unspecified atom stereocenters. The smallest absolute Gasteiger partial charge is 0.341 e. The molecule has 25 heavy (non-hydrogen) atoms. The Hall–Kier alpha value is -2.35. The predicted octanol–water partition coefficient (Wildman–Crippen LogP) is 4.35. The molecule has 0 atom stereocenters. The summed E-state index contributed by atoms with van der Waals surface area (Å²) in [6.07, 6.45) is 0. The maximum atomic E-state index is 12.0.